The first-order chi connectivity index (χ1) is 8.93. The van der Waals surface area contributed by atoms with Crippen LogP contribution in [0, 0.1) is 18.8 Å². The maximum atomic E-state index is 12.4. The molecular weight excluding hydrogens is 242 g/mol. The molecule has 100 valence electrons. The van der Waals surface area contributed by atoms with Crippen LogP contribution in [0.5, 0.6) is 0 Å². The van der Waals surface area contributed by atoms with Crippen LogP contribution in [0.15, 0.2) is 24.4 Å². The molecule has 4 nitrogen and oxygen atoms in total. The lowest BCUT2D eigenvalue weighted by atomic mass is 9.88. The molecule has 2 atom stereocenters. The highest BCUT2D eigenvalue weighted by Crippen LogP contribution is 2.26. The molecular formula is C15H17NO3. The summed E-state index contributed by atoms with van der Waals surface area (Å²) in [7, 11) is 0. The van der Waals surface area contributed by atoms with Crippen molar-refractivity contribution in [3.63, 3.8) is 0 Å². The first-order valence-electron chi connectivity index (χ1n) is 6.27. The first-order valence-corrected chi connectivity index (χ1v) is 6.27. The number of aromatic amines is 1. The van der Waals surface area contributed by atoms with E-state index in [1.54, 1.807) is 20.0 Å². The van der Waals surface area contributed by atoms with Crippen molar-refractivity contribution < 1.29 is 14.7 Å². The van der Waals surface area contributed by atoms with Gasteiger partial charge in [0.15, 0.2) is 5.78 Å². The molecule has 2 aromatic rings. The van der Waals surface area contributed by atoms with Gasteiger partial charge in [0.2, 0.25) is 0 Å². The quantitative estimate of drug-likeness (QED) is 0.829. The first kappa shape index (κ1) is 13.3. The number of H-pyrrole nitrogens is 1. The summed E-state index contributed by atoms with van der Waals surface area (Å²) < 4.78 is 0. The van der Waals surface area contributed by atoms with Gasteiger partial charge in [-0.25, -0.2) is 0 Å². The van der Waals surface area contributed by atoms with E-state index in [-0.39, 0.29) is 5.78 Å². The van der Waals surface area contributed by atoms with Gasteiger partial charge >= 0.3 is 5.97 Å². The predicted octanol–water partition coefficient (Wildman–Crippen LogP) is 3.02. The zero-order chi connectivity index (χ0) is 14.2. The molecule has 0 spiro atoms. The number of aliphatic carboxylic acids is 1. The van der Waals surface area contributed by atoms with Gasteiger partial charge in [-0.3, -0.25) is 9.59 Å². The highest BCUT2D eigenvalue weighted by Gasteiger charge is 2.28. The average Bonchev–Trinajstić information content (AvgIpc) is 2.81. The molecule has 0 aliphatic heterocycles. The molecule has 0 saturated heterocycles. The fraction of sp³-hybridized carbons (Fsp3) is 0.333. The van der Waals surface area contributed by atoms with Crippen molar-refractivity contribution in [2.45, 2.75) is 20.8 Å². The van der Waals surface area contributed by atoms with E-state index in [1.807, 2.05) is 25.1 Å². The third-order valence-electron chi connectivity index (χ3n) is 3.73. The Kier molecular flexibility index (Phi) is 3.42. The minimum absolute atomic E-state index is 0.129. The molecule has 0 amide bonds. The zero-order valence-electron chi connectivity index (χ0n) is 11.2. The Balaban J connectivity index is 2.45. The second-order valence-electron chi connectivity index (χ2n) is 4.98. The van der Waals surface area contributed by atoms with E-state index in [0.29, 0.717) is 5.56 Å². The number of fused-ring (bicyclic) bond motifs is 1. The summed E-state index contributed by atoms with van der Waals surface area (Å²) in [5, 5.41) is 9.89. The number of aromatic nitrogens is 1. The van der Waals surface area contributed by atoms with Crippen LogP contribution in [0.3, 0.4) is 0 Å². The van der Waals surface area contributed by atoms with Gasteiger partial charge in [0, 0.05) is 28.6 Å². The number of hydrogen-bond acceptors (Lipinski definition) is 2. The topological polar surface area (TPSA) is 70.2 Å². The van der Waals surface area contributed by atoms with Crippen molar-refractivity contribution in [3.05, 3.63) is 35.5 Å². The number of aryl methyl sites for hydroxylation is 1. The Morgan fingerprint density at radius 1 is 1.21 bits per heavy atom. The molecule has 2 unspecified atom stereocenters. The summed E-state index contributed by atoms with van der Waals surface area (Å²) in [5.74, 6) is -2.31. The minimum atomic E-state index is -0.947. The zero-order valence-corrected chi connectivity index (χ0v) is 11.2. The smallest absolute Gasteiger partial charge is 0.306 e. The van der Waals surface area contributed by atoms with Crippen molar-refractivity contribution in [1.82, 2.24) is 4.98 Å². The van der Waals surface area contributed by atoms with E-state index in [2.05, 4.69) is 4.98 Å². The van der Waals surface area contributed by atoms with Gasteiger partial charge < -0.3 is 10.1 Å². The average molecular weight is 259 g/mol. The lowest BCUT2D eigenvalue weighted by molar-refractivity contribution is -0.142. The monoisotopic (exact) mass is 259 g/mol. The van der Waals surface area contributed by atoms with Crippen molar-refractivity contribution in [2.24, 2.45) is 11.8 Å². The number of rotatable bonds is 4. The molecule has 1 heterocycles. The number of hydrogen-bond donors (Lipinski definition) is 2. The number of carboxylic acids is 1. The van der Waals surface area contributed by atoms with Crippen molar-refractivity contribution >= 4 is 22.7 Å². The number of ketones is 1. The van der Waals surface area contributed by atoms with Crippen molar-refractivity contribution in [1.29, 1.82) is 0 Å². The summed E-state index contributed by atoms with van der Waals surface area (Å²) in [6.07, 6.45) is 1.67. The Morgan fingerprint density at radius 2 is 1.89 bits per heavy atom. The van der Waals surface area contributed by atoms with Crippen LogP contribution in [-0.4, -0.2) is 21.8 Å². The van der Waals surface area contributed by atoms with Crippen LogP contribution in [-0.2, 0) is 4.79 Å². The molecule has 0 aliphatic rings. The lowest BCUT2D eigenvalue weighted by Gasteiger charge is -2.14. The Hall–Kier alpha value is -2.10. The van der Waals surface area contributed by atoms with Gasteiger partial charge in [0.05, 0.1) is 5.92 Å². The second kappa shape index (κ2) is 4.88. The molecule has 19 heavy (non-hydrogen) atoms. The van der Waals surface area contributed by atoms with E-state index in [4.69, 9.17) is 5.11 Å². The van der Waals surface area contributed by atoms with Gasteiger partial charge in [-0.05, 0) is 18.6 Å². The summed E-state index contributed by atoms with van der Waals surface area (Å²) in [6.45, 7) is 5.17. The maximum Gasteiger partial charge on any atom is 0.306 e. The van der Waals surface area contributed by atoms with E-state index < -0.39 is 17.8 Å². The Bertz CT molecular complexity index is 642. The van der Waals surface area contributed by atoms with E-state index in [0.717, 1.165) is 16.5 Å². The summed E-state index contributed by atoms with van der Waals surface area (Å²) in [4.78, 5) is 26.5. The van der Waals surface area contributed by atoms with Crippen molar-refractivity contribution in [3.8, 4) is 0 Å². The van der Waals surface area contributed by atoms with Crippen LogP contribution < -0.4 is 0 Å². The molecule has 4 heteroatoms. The second-order valence-corrected chi connectivity index (χ2v) is 4.98. The number of nitrogens with one attached hydrogen (secondary N) is 1. The Labute approximate surface area is 111 Å². The third kappa shape index (κ3) is 2.26. The summed E-state index contributed by atoms with van der Waals surface area (Å²) in [5.41, 5.74) is 2.49. The van der Waals surface area contributed by atoms with Crippen LogP contribution in [0.1, 0.15) is 29.8 Å². The van der Waals surface area contributed by atoms with Crippen LogP contribution in [0.25, 0.3) is 10.9 Å². The fourth-order valence-electron chi connectivity index (χ4n) is 2.25. The van der Waals surface area contributed by atoms with Gasteiger partial charge in [-0.1, -0.05) is 26.0 Å². The molecule has 0 aliphatic carbocycles. The highest BCUT2D eigenvalue weighted by atomic mass is 16.4. The maximum absolute atomic E-state index is 12.4. The van der Waals surface area contributed by atoms with E-state index >= 15 is 0 Å². The lowest BCUT2D eigenvalue weighted by Crippen LogP contribution is -2.25. The normalized spacial score (nSPS) is 14.3. The van der Waals surface area contributed by atoms with E-state index in [1.165, 1.54) is 0 Å². The molecule has 0 fully saturated rings. The highest BCUT2D eigenvalue weighted by molar-refractivity contribution is 6.10. The largest absolute Gasteiger partial charge is 0.481 e. The molecule has 1 aromatic carbocycles. The van der Waals surface area contributed by atoms with Crippen molar-refractivity contribution in [2.75, 3.05) is 0 Å². The summed E-state index contributed by atoms with van der Waals surface area (Å²) >= 11 is 0. The number of carbonyl (C=O) groups is 2. The number of carbonyl (C=O) groups excluding carboxylic acids is 1. The molecule has 0 bridgehead atoms. The number of benzene rings is 1. The van der Waals surface area contributed by atoms with Gasteiger partial charge in [-0.2, -0.15) is 0 Å². The van der Waals surface area contributed by atoms with Gasteiger partial charge in [-0.15, -0.1) is 0 Å². The van der Waals surface area contributed by atoms with Crippen LogP contribution >= 0.6 is 0 Å². The number of carboxylic acid groups (broad SMARTS) is 1. The molecule has 2 rings (SSSR count). The van der Waals surface area contributed by atoms with Crippen LogP contribution in [0.2, 0.25) is 0 Å². The minimum Gasteiger partial charge on any atom is -0.481 e. The van der Waals surface area contributed by atoms with Gasteiger partial charge in [0.25, 0.3) is 0 Å². The Morgan fingerprint density at radius 3 is 2.53 bits per heavy atom. The van der Waals surface area contributed by atoms with Crippen LogP contribution in [0.4, 0.5) is 0 Å². The molecule has 0 saturated carbocycles. The third-order valence-corrected chi connectivity index (χ3v) is 3.73. The predicted molar refractivity (Wildman–Crippen MR) is 73.3 cm³/mol. The molecule has 0 radical (unpaired) electrons. The summed E-state index contributed by atoms with van der Waals surface area (Å²) in [6, 6.07) is 5.77. The number of Topliss-reactive ketones (excluding diaryl/α,β-unsaturated/α-hetero) is 1. The standard InChI is InChI=1S/C15H17NO3/c1-8-5-4-6-12-13(8)11(7-16-12)14(17)9(2)10(3)15(18)19/h4-7,9-10,16H,1-3H3,(H,18,19). The fourth-order valence-corrected chi connectivity index (χ4v) is 2.25. The molecule has 1 aromatic heterocycles. The van der Waals surface area contributed by atoms with E-state index in [9.17, 15) is 9.59 Å². The SMILES string of the molecule is Cc1cccc2[nH]cc(C(=O)C(C)C(C)C(=O)O)c12. The molecule has 2 N–H and O–H groups in total. The van der Waals surface area contributed by atoms with Gasteiger partial charge in [0.1, 0.15) is 0 Å².